The normalized spacial score (nSPS) is 23.5. The number of nitrogens with zero attached hydrogens (tertiary/aromatic N) is 12. The minimum Gasteiger partial charge on any atom is -0.378 e. The van der Waals surface area contributed by atoms with Crippen LogP contribution in [0.15, 0.2) is 54.9 Å². The molecule has 1 N–H and O–H groups in total. The van der Waals surface area contributed by atoms with E-state index in [4.69, 9.17) is 29.7 Å². The van der Waals surface area contributed by atoms with Crippen molar-refractivity contribution in [1.82, 2.24) is 49.1 Å². The molecule has 2 amide bonds. The van der Waals surface area contributed by atoms with Crippen LogP contribution in [-0.4, -0.2) is 132 Å². The second-order valence-corrected chi connectivity index (χ2v) is 15.3. The number of ether oxygens (including phenoxy) is 1. The Balaban J connectivity index is 1.11. The van der Waals surface area contributed by atoms with E-state index in [-0.39, 0.29) is 47.7 Å². The number of aryl methyl sites for hydroxylation is 1. The molecular formula is C39H39F2N13O3. The Hall–Kier alpha value is -6.30. The van der Waals surface area contributed by atoms with Gasteiger partial charge in [0.2, 0.25) is 17.8 Å². The maximum atomic E-state index is 15.3. The quantitative estimate of drug-likeness (QED) is 0.280. The van der Waals surface area contributed by atoms with Gasteiger partial charge in [0, 0.05) is 59.1 Å². The minimum atomic E-state index is -0.820. The Kier molecular flexibility index (Phi) is 8.10. The smallest absolute Gasteiger partial charge is 0.245 e. The fraction of sp³-hybridized carbons (Fsp3) is 0.385. The van der Waals surface area contributed by atoms with Crippen LogP contribution in [0.4, 0.5) is 26.4 Å². The van der Waals surface area contributed by atoms with Crippen molar-refractivity contribution in [2.24, 2.45) is 0 Å². The topological polar surface area (TPSA) is 156 Å². The third-order valence-corrected chi connectivity index (χ3v) is 11.8. The number of piperazine rings is 1. The first kappa shape index (κ1) is 35.1. The lowest BCUT2D eigenvalue weighted by Crippen LogP contribution is -2.71. The van der Waals surface area contributed by atoms with E-state index in [1.54, 1.807) is 37.2 Å². The van der Waals surface area contributed by atoms with Crippen molar-refractivity contribution in [2.75, 3.05) is 56.0 Å². The van der Waals surface area contributed by atoms with Crippen LogP contribution in [0.5, 0.6) is 0 Å². The summed E-state index contributed by atoms with van der Waals surface area (Å²) in [4.78, 5) is 59.8. The molecule has 6 bridgehead atoms. The molecule has 6 aromatic rings. The molecule has 4 aliphatic rings. The number of nitrogens with one attached hydrogen (secondary N) is 1. The van der Waals surface area contributed by atoms with Gasteiger partial charge in [0.15, 0.2) is 11.5 Å². The van der Waals surface area contributed by atoms with Crippen LogP contribution in [0.2, 0.25) is 0 Å². The summed E-state index contributed by atoms with van der Waals surface area (Å²) in [7, 11) is 5.17. The highest BCUT2D eigenvalue weighted by molar-refractivity contribution is 5.95. The SMILES string of the molecule is CO[C@H]1CN(C)C(=O)[C@@H]2CC(CN2c2nc(N3C4C[C@@H]3CN(C)C4=O)nc3c2cnn3-c2ccc(F)cc2F)Nc2cccc(n2)-c2nccc3nc(C)n(c23)C1. The van der Waals surface area contributed by atoms with Gasteiger partial charge >= 0.3 is 0 Å². The van der Waals surface area contributed by atoms with E-state index in [9.17, 15) is 14.0 Å². The van der Waals surface area contributed by atoms with Gasteiger partial charge in [0.05, 0.1) is 47.0 Å². The molecule has 2 unspecified atom stereocenters. The summed E-state index contributed by atoms with van der Waals surface area (Å²) < 4.78 is 38.8. The minimum absolute atomic E-state index is 0.00518. The maximum Gasteiger partial charge on any atom is 0.245 e. The summed E-state index contributed by atoms with van der Waals surface area (Å²) in [6, 6.07) is 9.39. The molecule has 10 rings (SSSR count). The number of likely N-dealkylation sites (tertiary alicyclic amines) is 1. The molecule has 18 heteroatoms. The van der Waals surface area contributed by atoms with E-state index < -0.39 is 29.8 Å². The van der Waals surface area contributed by atoms with Gasteiger partial charge in [-0.2, -0.15) is 15.1 Å². The average Bonchev–Trinajstić information content (AvgIpc) is 3.89. The summed E-state index contributed by atoms with van der Waals surface area (Å²) in [6.07, 6.45) is 3.91. The average molecular weight is 776 g/mol. The van der Waals surface area contributed by atoms with Crippen LogP contribution >= 0.6 is 0 Å². The van der Waals surface area contributed by atoms with Crippen molar-refractivity contribution < 1.29 is 23.1 Å². The molecule has 4 aliphatic heterocycles. The first-order valence-electron chi connectivity index (χ1n) is 18.9. The summed E-state index contributed by atoms with van der Waals surface area (Å²) >= 11 is 0. The van der Waals surface area contributed by atoms with E-state index in [0.29, 0.717) is 60.9 Å². The fourth-order valence-electron chi connectivity index (χ4n) is 8.93. The molecule has 0 radical (unpaired) electrons. The number of amides is 2. The molecule has 9 heterocycles. The molecule has 5 atom stereocenters. The number of piperidine rings is 1. The number of imidazole rings is 1. The summed E-state index contributed by atoms with van der Waals surface area (Å²) in [6.45, 7) is 3.45. The van der Waals surface area contributed by atoms with Crippen LogP contribution in [0.1, 0.15) is 18.7 Å². The van der Waals surface area contributed by atoms with E-state index in [2.05, 4.69) is 15.0 Å². The molecule has 0 spiro atoms. The van der Waals surface area contributed by atoms with Gasteiger partial charge in [0.1, 0.15) is 46.7 Å². The second-order valence-electron chi connectivity index (χ2n) is 15.3. The summed E-state index contributed by atoms with van der Waals surface area (Å²) in [5, 5.41) is 8.57. The number of hydrogen-bond donors (Lipinski definition) is 1. The zero-order valence-electron chi connectivity index (χ0n) is 31.7. The van der Waals surface area contributed by atoms with Crippen molar-refractivity contribution in [2.45, 2.75) is 56.6 Å². The summed E-state index contributed by atoms with van der Waals surface area (Å²) in [5.74, 6) is 0.320. The van der Waals surface area contributed by atoms with Gasteiger partial charge in [-0.15, -0.1) is 0 Å². The molecule has 3 fully saturated rings. The van der Waals surface area contributed by atoms with Gasteiger partial charge in [-0.25, -0.2) is 23.4 Å². The molecule has 3 saturated heterocycles. The highest BCUT2D eigenvalue weighted by atomic mass is 19.1. The standard InChI is InChI=1S/C39H39F2N13O3/c1-20-44-28-10-11-42-33-27-6-5-7-32(46-27)45-22-13-30(37(55)50(3)18-24(57-4)19-51(20)34(28)33)52(16-22)35-25-15-43-54(29-9-8-21(40)12-26(29)41)36(25)48-39(47-35)53-23-14-31(53)38(56)49(2)17-23/h5-12,15,22-24,30-31H,13-14,16-19H2,1-4H3,(H,45,46)/t22?,23-,24+,30+,31?/m1/s1. The zero-order chi connectivity index (χ0) is 39.3. The third-order valence-electron chi connectivity index (χ3n) is 11.8. The Morgan fingerprint density at radius 2 is 1.72 bits per heavy atom. The van der Waals surface area contributed by atoms with Crippen molar-refractivity contribution in [3.05, 3.63) is 72.3 Å². The van der Waals surface area contributed by atoms with Crippen LogP contribution in [-0.2, 0) is 20.9 Å². The number of carbonyl (C=O) groups is 2. The largest absolute Gasteiger partial charge is 0.378 e. The Bertz CT molecular complexity index is 2610. The van der Waals surface area contributed by atoms with Gasteiger partial charge in [-0.3, -0.25) is 14.6 Å². The van der Waals surface area contributed by atoms with Gasteiger partial charge in [-0.05, 0) is 50.1 Å². The lowest BCUT2D eigenvalue weighted by Gasteiger charge is -2.54. The number of hydrogen-bond acceptors (Lipinski definition) is 12. The lowest BCUT2D eigenvalue weighted by atomic mass is 9.87. The van der Waals surface area contributed by atoms with E-state index in [1.807, 2.05) is 41.0 Å². The highest BCUT2D eigenvalue weighted by Gasteiger charge is 2.51. The maximum absolute atomic E-state index is 15.3. The molecule has 16 nitrogen and oxygen atoms in total. The Morgan fingerprint density at radius 1 is 0.895 bits per heavy atom. The number of halogens is 2. The first-order valence-corrected chi connectivity index (χ1v) is 18.9. The fourth-order valence-corrected chi connectivity index (χ4v) is 8.93. The number of pyridine rings is 2. The molecule has 1 aromatic carbocycles. The van der Waals surface area contributed by atoms with Gasteiger partial charge < -0.3 is 34.2 Å². The number of methoxy groups -OCH3 is 1. The van der Waals surface area contributed by atoms with Crippen molar-refractivity contribution in [3.63, 3.8) is 0 Å². The second kappa shape index (κ2) is 13.1. The van der Waals surface area contributed by atoms with Gasteiger partial charge in [0.25, 0.3) is 0 Å². The first-order chi connectivity index (χ1) is 27.6. The lowest BCUT2D eigenvalue weighted by molar-refractivity contribution is -0.138. The number of carbonyl (C=O) groups excluding carboxylic acids is 2. The van der Waals surface area contributed by atoms with Crippen LogP contribution in [0, 0.1) is 18.6 Å². The number of rotatable bonds is 4. The number of benzene rings is 1. The van der Waals surface area contributed by atoms with Crippen molar-refractivity contribution in [3.8, 4) is 17.1 Å². The predicted octanol–water partition coefficient (Wildman–Crippen LogP) is 3.17. The predicted molar refractivity (Wildman–Crippen MR) is 206 cm³/mol. The van der Waals surface area contributed by atoms with Gasteiger partial charge in [-0.1, -0.05) is 6.07 Å². The van der Waals surface area contributed by atoms with Crippen molar-refractivity contribution >= 4 is 51.5 Å². The van der Waals surface area contributed by atoms with E-state index in [1.165, 1.54) is 16.9 Å². The molecule has 5 aromatic heterocycles. The number of likely N-dealkylation sites (N-methyl/N-ethyl adjacent to an activating group) is 2. The molecule has 0 aliphatic carbocycles. The molecular weight excluding hydrogens is 737 g/mol. The number of anilines is 3. The Labute approximate surface area is 325 Å². The Morgan fingerprint density at radius 3 is 2.53 bits per heavy atom. The number of aromatic nitrogens is 8. The third kappa shape index (κ3) is 5.63. The number of fused-ring (bicyclic) bond motifs is 8. The zero-order valence-corrected chi connectivity index (χ0v) is 31.7. The van der Waals surface area contributed by atoms with Crippen molar-refractivity contribution in [1.29, 1.82) is 0 Å². The molecule has 0 saturated carbocycles. The monoisotopic (exact) mass is 775 g/mol. The molecule has 57 heavy (non-hydrogen) atoms. The van der Waals surface area contributed by atoms with E-state index >= 15 is 4.39 Å². The summed E-state index contributed by atoms with van der Waals surface area (Å²) in [5.41, 5.74) is 3.22. The van der Waals surface area contributed by atoms with Crippen LogP contribution in [0.25, 0.3) is 39.1 Å². The van der Waals surface area contributed by atoms with E-state index in [0.717, 1.165) is 29.0 Å². The van der Waals surface area contributed by atoms with Crippen LogP contribution < -0.4 is 15.1 Å². The van der Waals surface area contributed by atoms with Crippen LogP contribution in [0.3, 0.4) is 0 Å². The highest BCUT2D eigenvalue weighted by Crippen LogP contribution is 2.40. The molecule has 292 valence electrons.